The number of hydrogen-bond donors (Lipinski definition) is 0. The van der Waals surface area contributed by atoms with Crippen molar-refractivity contribution in [3.63, 3.8) is 0 Å². The van der Waals surface area contributed by atoms with Crippen molar-refractivity contribution in [1.29, 1.82) is 0 Å². The van der Waals surface area contributed by atoms with Gasteiger partial charge in [0.15, 0.2) is 0 Å². The van der Waals surface area contributed by atoms with Gasteiger partial charge < -0.3 is 4.57 Å². The highest BCUT2D eigenvalue weighted by molar-refractivity contribution is 6.23. The van der Waals surface area contributed by atoms with Gasteiger partial charge in [-0.15, -0.1) is 11.6 Å². The standard InChI is InChI=1S/C12H12ClN/c1-9(8-13)11-4-3-10-5-6-14(2)12(10)7-11/h3-7H,1,8H2,2H3. The number of hydrogen-bond acceptors (Lipinski definition) is 0. The Labute approximate surface area is 88.6 Å². The molecular weight excluding hydrogens is 194 g/mol. The first-order valence-electron chi connectivity index (χ1n) is 4.51. The van der Waals surface area contributed by atoms with Gasteiger partial charge in [0, 0.05) is 24.6 Å². The Hall–Kier alpha value is -1.21. The quantitative estimate of drug-likeness (QED) is 0.662. The lowest BCUT2D eigenvalue weighted by Gasteiger charge is -2.03. The van der Waals surface area contributed by atoms with Crippen LogP contribution in [-0.4, -0.2) is 10.4 Å². The maximum absolute atomic E-state index is 5.75. The van der Waals surface area contributed by atoms with E-state index in [0.29, 0.717) is 5.88 Å². The minimum atomic E-state index is 0.482. The molecule has 14 heavy (non-hydrogen) atoms. The number of alkyl halides is 1. The summed E-state index contributed by atoms with van der Waals surface area (Å²) < 4.78 is 2.10. The normalized spacial score (nSPS) is 10.7. The van der Waals surface area contributed by atoms with Gasteiger partial charge in [-0.05, 0) is 28.7 Å². The lowest BCUT2D eigenvalue weighted by Crippen LogP contribution is -1.87. The largest absolute Gasteiger partial charge is 0.351 e. The number of benzene rings is 1. The molecular formula is C12H12ClN. The van der Waals surface area contributed by atoms with Crippen LogP contribution in [0, 0.1) is 0 Å². The number of aromatic nitrogens is 1. The van der Waals surface area contributed by atoms with Crippen LogP contribution in [0.25, 0.3) is 16.5 Å². The molecule has 0 unspecified atom stereocenters. The van der Waals surface area contributed by atoms with E-state index in [0.717, 1.165) is 11.1 Å². The van der Waals surface area contributed by atoms with E-state index in [2.05, 4.69) is 41.6 Å². The van der Waals surface area contributed by atoms with Gasteiger partial charge in [0.05, 0.1) is 0 Å². The SMILES string of the molecule is C=C(CCl)c1ccc2ccn(C)c2c1. The first kappa shape index (κ1) is 9.35. The first-order valence-corrected chi connectivity index (χ1v) is 5.05. The molecule has 1 nitrogen and oxygen atoms in total. The second kappa shape index (κ2) is 3.50. The molecule has 0 aliphatic carbocycles. The summed E-state index contributed by atoms with van der Waals surface area (Å²) in [5.74, 6) is 0.482. The first-order chi connectivity index (χ1) is 6.72. The molecule has 0 aliphatic rings. The maximum atomic E-state index is 5.75. The van der Waals surface area contributed by atoms with Crippen LogP contribution in [0.2, 0.25) is 0 Å². The predicted molar refractivity (Wildman–Crippen MR) is 62.7 cm³/mol. The summed E-state index contributed by atoms with van der Waals surface area (Å²) in [7, 11) is 2.04. The van der Waals surface area contributed by atoms with Crippen molar-refractivity contribution in [2.75, 3.05) is 5.88 Å². The molecule has 0 saturated heterocycles. The highest BCUT2D eigenvalue weighted by atomic mass is 35.5. The van der Waals surface area contributed by atoms with Crippen LogP contribution in [0.3, 0.4) is 0 Å². The number of aryl methyl sites for hydroxylation is 1. The summed E-state index contributed by atoms with van der Waals surface area (Å²) in [6, 6.07) is 8.39. The summed E-state index contributed by atoms with van der Waals surface area (Å²) in [6.45, 7) is 3.92. The number of rotatable bonds is 2. The summed E-state index contributed by atoms with van der Waals surface area (Å²) in [6.07, 6.45) is 2.05. The predicted octanol–water partition coefficient (Wildman–Crippen LogP) is 3.43. The summed E-state index contributed by atoms with van der Waals surface area (Å²) in [5, 5.41) is 1.25. The van der Waals surface area contributed by atoms with Gasteiger partial charge in [-0.3, -0.25) is 0 Å². The average molecular weight is 206 g/mol. The third kappa shape index (κ3) is 1.44. The summed E-state index contributed by atoms with van der Waals surface area (Å²) >= 11 is 5.75. The molecule has 1 aromatic carbocycles. The van der Waals surface area contributed by atoms with Gasteiger partial charge in [-0.1, -0.05) is 18.7 Å². The number of allylic oxidation sites excluding steroid dienone is 1. The number of fused-ring (bicyclic) bond motifs is 1. The fourth-order valence-corrected chi connectivity index (χ4v) is 1.71. The Bertz CT molecular complexity index is 482. The van der Waals surface area contributed by atoms with Gasteiger partial charge in [0.1, 0.15) is 0 Å². The molecule has 0 atom stereocenters. The molecule has 0 fully saturated rings. The molecule has 0 N–H and O–H groups in total. The molecule has 2 rings (SSSR count). The monoisotopic (exact) mass is 205 g/mol. The fraction of sp³-hybridized carbons (Fsp3) is 0.167. The Kier molecular flexibility index (Phi) is 2.34. The summed E-state index contributed by atoms with van der Waals surface area (Å²) in [4.78, 5) is 0. The van der Waals surface area contributed by atoms with Gasteiger partial charge in [0.2, 0.25) is 0 Å². The van der Waals surface area contributed by atoms with E-state index in [-0.39, 0.29) is 0 Å². The topological polar surface area (TPSA) is 4.93 Å². The van der Waals surface area contributed by atoms with Gasteiger partial charge in [-0.25, -0.2) is 0 Å². The molecule has 0 bridgehead atoms. The van der Waals surface area contributed by atoms with Gasteiger partial charge in [-0.2, -0.15) is 0 Å². The molecule has 0 aliphatic heterocycles. The second-order valence-electron chi connectivity index (χ2n) is 3.44. The van der Waals surface area contributed by atoms with Crippen molar-refractivity contribution in [2.24, 2.45) is 7.05 Å². The molecule has 0 spiro atoms. The zero-order chi connectivity index (χ0) is 10.1. The molecule has 1 heterocycles. The maximum Gasteiger partial charge on any atom is 0.0483 e. The highest BCUT2D eigenvalue weighted by Crippen LogP contribution is 2.21. The number of nitrogens with zero attached hydrogens (tertiary/aromatic N) is 1. The minimum absolute atomic E-state index is 0.482. The third-order valence-electron chi connectivity index (χ3n) is 2.46. The fourth-order valence-electron chi connectivity index (χ4n) is 1.56. The van der Waals surface area contributed by atoms with Gasteiger partial charge in [0.25, 0.3) is 0 Å². The lowest BCUT2D eigenvalue weighted by molar-refractivity contribution is 0.969. The Balaban J connectivity index is 2.60. The van der Waals surface area contributed by atoms with Crippen LogP contribution in [-0.2, 0) is 7.05 Å². The molecule has 2 heteroatoms. The van der Waals surface area contributed by atoms with E-state index in [9.17, 15) is 0 Å². The van der Waals surface area contributed by atoms with E-state index in [1.807, 2.05) is 7.05 Å². The highest BCUT2D eigenvalue weighted by Gasteiger charge is 2.01. The Morgan fingerprint density at radius 1 is 1.43 bits per heavy atom. The van der Waals surface area contributed by atoms with Crippen LogP contribution < -0.4 is 0 Å². The zero-order valence-corrected chi connectivity index (χ0v) is 8.88. The van der Waals surface area contributed by atoms with Crippen LogP contribution in [0.1, 0.15) is 5.56 Å². The molecule has 0 amide bonds. The summed E-state index contributed by atoms with van der Waals surface area (Å²) in [5.41, 5.74) is 3.30. The van der Waals surface area contributed by atoms with Crippen LogP contribution in [0.15, 0.2) is 37.0 Å². The molecule has 1 aromatic heterocycles. The zero-order valence-electron chi connectivity index (χ0n) is 8.13. The van der Waals surface area contributed by atoms with Crippen LogP contribution in [0.4, 0.5) is 0 Å². The molecule has 2 aromatic rings. The smallest absolute Gasteiger partial charge is 0.0483 e. The van der Waals surface area contributed by atoms with Crippen LogP contribution >= 0.6 is 11.6 Å². The Morgan fingerprint density at radius 2 is 2.21 bits per heavy atom. The van der Waals surface area contributed by atoms with E-state index >= 15 is 0 Å². The van der Waals surface area contributed by atoms with Crippen molar-refractivity contribution in [2.45, 2.75) is 0 Å². The van der Waals surface area contributed by atoms with E-state index in [4.69, 9.17) is 11.6 Å². The molecule has 72 valence electrons. The van der Waals surface area contributed by atoms with Crippen molar-refractivity contribution in [1.82, 2.24) is 4.57 Å². The van der Waals surface area contributed by atoms with E-state index in [1.165, 1.54) is 10.9 Å². The van der Waals surface area contributed by atoms with Crippen molar-refractivity contribution in [3.8, 4) is 0 Å². The molecule has 0 radical (unpaired) electrons. The van der Waals surface area contributed by atoms with Crippen molar-refractivity contribution >= 4 is 28.1 Å². The molecule has 0 saturated carbocycles. The van der Waals surface area contributed by atoms with Crippen molar-refractivity contribution < 1.29 is 0 Å². The van der Waals surface area contributed by atoms with Crippen molar-refractivity contribution in [3.05, 3.63) is 42.6 Å². The van der Waals surface area contributed by atoms with E-state index < -0.39 is 0 Å². The minimum Gasteiger partial charge on any atom is -0.351 e. The van der Waals surface area contributed by atoms with Crippen LogP contribution in [0.5, 0.6) is 0 Å². The number of halogens is 1. The second-order valence-corrected chi connectivity index (χ2v) is 3.70. The average Bonchev–Trinajstić information content (AvgIpc) is 2.59. The third-order valence-corrected chi connectivity index (χ3v) is 2.78. The lowest BCUT2D eigenvalue weighted by atomic mass is 10.1. The van der Waals surface area contributed by atoms with E-state index in [1.54, 1.807) is 0 Å². The van der Waals surface area contributed by atoms with Gasteiger partial charge >= 0.3 is 0 Å². The Morgan fingerprint density at radius 3 is 2.93 bits per heavy atom.